The molecule has 0 aliphatic heterocycles. The number of H-pyrrole nitrogens is 1. The lowest BCUT2D eigenvalue weighted by Crippen LogP contribution is -2.08. The number of hydrogen-bond acceptors (Lipinski definition) is 2. The fraction of sp³-hybridized carbons (Fsp3) is 0. The normalized spacial score (nSPS) is 10.6. The second-order valence-corrected chi connectivity index (χ2v) is 5.32. The first-order valence-electron chi connectivity index (χ1n) is 6.26. The maximum absolute atomic E-state index is 11.6. The van der Waals surface area contributed by atoms with Gasteiger partial charge < -0.3 is 0 Å². The molecule has 1 aromatic heterocycles. The van der Waals surface area contributed by atoms with E-state index in [1.807, 2.05) is 30.3 Å². The van der Waals surface area contributed by atoms with Crippen LogP contribution in [0.2, 0.25) is 10.0 Å². The van der Waals surface area contributed by atoms with Crippen LogP contribution < -0.4 is 5.56 Å². The highest BCUT2D eigenvalue weighted by Crippen LogP contribution is 2.33. The number of hydrogen-bond donors (Lipinski definition) is 1. The molecule has 0 aliphatic carbocycles. The van der Waals surface area contributed by atoms with Crippen molar-refractivity contribution in [2.75, 3.05) is 0 Å². The maximum atomic E-state index is 11.6. The molecule has 0 spiro atoms. The van der Waals surface area contributed by atoms with Gasteiger partial charge in [0.1, 0.15) is 5.69 Å². The van der Waals surface area contributed by atoms with Gasteiger partial charge >= 0.3 is 0 Å². The Morgan fingerprint density at radius 2 is 1.62 bits per heavy atom. The molecule has 104 valence electrons. The first-order valence-corrected chi connectivity index (χ1v) is 7.01. The van der Waals surface area contributed by atoms with Gasteiger partial charge in [0, 0.05) is 22.2 Å². The summed E-state index contributed by atoms with van der Waals surface area (Å²) in [6.45, 7) is 0. The molecular weight excluding hydrogens is 307 g/mol. The molecule has 2 aromatic carbocycles. The van der Waals surface area contributed by atoms with Crippen LogP contribution in [0.4, 0.5) is 0 Å². The third kappa shape index (κ3) is 2.84. The summed E-state index contributed by atoms with van der Waals surface area (Å²) < 4.78 is 0. The van der Waals surface area contributed by atoms with E-state index in [1.165, 1.54) is 6.07 Å². The average molecular weight is 317 g/mol. The minimum Gasteiger partial charge on any atom is -0.268 e. The highest BCUT2D eigenvalue weighted by Gasteiger charge is 2.12. The molecule has 0 atom stereocenters. The number of benzene rings is 2. The van der Waals surface area contributed by atoms with Gasteiger partial charge in [0.25, 0.3) is 5.56 Å². The van der Waals surface area contributed by atoms with Gasteiger partial charge in [-0.15, -0.1) is 0 Å². The van der Waals surface area contributed by atoms with Gasteiger partial charge in [-0.1, -0.05) is 53.5 Å². The van der Waals surface area contributed by atoms with E-state index >= 15 is 0 Å². The van der Waals surface area contributed by atoms with Crippen molar-refractivity contribution >= 4 is 23.2 Å². The van der Waals surface area contributed by atoms with E-state index in [0.717, 1.165) is 11.1 Å². The Kier molecular flexibility index (Phi) is 3.78. The summed E-state index contributed by atoms with van der Waals surface area (Å²) in [5.41, 5.74) is 2.69. The van der Waals surface area contributed by atoms with Crippen molar-refractivity contribution in [1.82, 2.24) is 10.2 Å². The second kappa shape index (κ2) is 5.72. The topological polar surface area (TPSA) is 45.8 Å². The monoisotopic (exact) mass is 316 g/mol. The Labute approximate surface area is 131 Å². The zero-order valence-electron chi connectivity index (χ0n) is 10.8. The highest BCUT2D eigenvalue weighted by molar-refractivity contribution is 6.33. The molecule has 21 heavy (non-hydrogen) atoms. The van der Waals surface area contributed by atoms with Gasteiger partial charge in [-0.25, -0.2) is 5.10 Å². The van der Waals surface area contributed by atoms with E-state index in [9.17, 15) is 4.79 Å². The van der Waals surface area contributed by atoms with Crippen LogP contribution in [0, 0.1) is 0 Å². The summed E-state index contributed by atoms with van der Waals surface area (Å²) in [4.78, 5) is 11.6. The summed E-state index contributed by atoms with van der Waals surface area (Å²) >= 11 is 12.1. The number of halogens is 2. The predicted molar refractivity (Wildman–Crippen MR) is 85.7 cm³/mol. The van der Waals surface area contributed by atoms with Crippen molar-refractivity contribution in [2.24, 2.45) is 0 Å². The number of aromatic nitrogens is 2. The molecule has 1 N–H and O–H groups in total. The average Bonchev–Trinajstić information content (AvgIpc) is 2.49. The van der Waals surface area contributed by atoms with Gasteiger partial charge in [-0.2, -0.15) is 5.10 Å². The van der Waals surface area contributed by atoms with E-state index in [1.54, 1.807) is 18.2 Å². The fourth-order valence-electron chi connectivity index (χ4n) is 2.11. The molecule has 0 aliphatic rings. The SMILES string of the molecule is O=c1cc(-c2ccc(Cl)cc2)c(-c2ccccc2Cl)n[nH]1. The van der Waals surface area contributed by atoms with Crippen LogP contribution in [0.5, 0.6) is 0 Å². The van der Waals surface area contributed by atoms with Crippen molar-refractivity contribution in [3.63, 3.8) is 0 Å². The standard InChI is InChI=1S/C16H10Cl2N2O/c17-11-7-5-10(6-8-11)13-9-15(21)19-20-16(13)12-3-1-2-4-14(12)18/h1-9H,(H,19,21). The molecule has 0 unspecified atom stereocenters. The molecule has 0 amide bonds. The molecule has 0 bridgehead atoms. The molecule has 3 nitrogen and oxygen atoms in total. The van der Waals surface area contributed by atoms with Gasteiger partial charge in [-0.05, 0) is 23.8 Å². The predicted octanol–water partition coefficient (Wildman–Crippen LogP) is 4.41. The van der Waals surface area contributed by atoms with Gasteiger partial charge in [-0.3, -0.25) is 4.79 Å². The first kappa shape index (κ1) is 13.9. The van der Waals surface area contributed by atoms with Crippen molar-refractivity contribution in [2.45, 2.75) is 0 Å². The van der Waals surface area contributed by atoms with Crippen molar-refractivity contribution < 1.29 is 0 Å². The van der Waals surface area contributed by atoms with Crippen molar-refractivity contribution in [3.8, 4) is 22.4 Å². The van der Waals surface area contributed by atoms with E-state index in [2.05, 4.69) is 10.2 Å². The molecule has 0 saturated carbocycles. The van der Waals surface area contributed by atoms with Gasteiger partial charge in [0.05, 0.1) is 5.02 Å². The highest BCUT2D eigenvalue weighted by atomic mass is 35.5. The quantitative estimate of drug-likeness (QED) is 0.761. The van der Waals surface area contributed by atoms with Crippen LogP contribution in [-0.4, -0.2) is 10.2 Å². The second-order valence-electron chi connectivity index (χ2n) is 4.48. The molecule has 3 rings (SSSR count). The Balaban J connectivity index is 2.25. The summed E-state index contributed by atoms with van der Waals surface area (Å²) in [6, 6.07) is 16.1. The lowest BCUT2D eigenvalue weighted by Gasteiger charge is -2.09. The number of aromatic amines is 1. The minimum atomic E-state index is -0.268. The molecule has 0 saturated heterocycles. The summed E-state index contributed by atoms with van der Waals surface area (Å²) in [7, 11) is 0. The Bertz CT molecular complexity index is 841. The van der Waals surface area contributed by atoms with Gasteiger partial charge in [0.2, 0.25) is 0 Å². The number of rotatable bonds is 2. The largest absolute Gasteiger partial charge is 0.268 e. The third-order valence-electron chi connectivity index (χ3n) is 3.09. The molecule has 0 radical (unpaired) electrons. The number of nitrogens with zero attached hydrogens (tertiary/aromatic N) is 1. The lowest BCUT2D eigenvalue weighted by atomic mass is 10.0. The Morgan fingerprint density at radius 3 is 2.33 bits per heavy atom. The summed E-state index contributed by atoms with van der Waals surface area (Å²) in [5.74, 6) is 0. The minimum absolute atomic E-state index is 0.268. The zero-order chi connectivity index (χ0) is 14.8. The van der Waals surface area contributed by atoms with E-state index in [4.69, 9.17) is 23.2 Å². The first-order chi connectivity index (χ1) is 10.1. The summed E-state index contributed by atoms with van der Waals surface area (Å²) in [5, 5.41) is 7.82. The van der Waals surface area contributed by atoms with E-state index < -0.39 is 0 Å². The van der Waals surface area contributed by atoms with Crippen LogP contribution in [-0.2, 0) is 0 Å². The zero-order valence-corrected chi connectivity index (χ0v) is 12.3. The Hall–Kier alpha value is -2.10. The van der Waals surface area contributed by atoms with Crippen LogP contribution in [0.3, 0.4) is 0 Å². The number of nitrogens with one attached hydrogen (secondary N) is 1. The van der Waals surface area contributed by atoms with Crippen molar-refractivity contribution in [1.29, 1.82) is 0 Å². The lowest BCUT2D eigenvalue weighted by molar-refractivity contribution is 0.997. The van der Waals surface area contributed by atoms with Crippen LogP contribution in [0.1, 0.15) is 0 Å². The fourth-order valence-corrected chi connectivity index (χ4v) is 2.46. The van der Waals surface area contributed by atoms with Crippen LogP contribution in [0.25, 0.3) is 22.4 Å². The smallest absolute Gasteiger partial charge is 0.264 e. The van der Waals surface area contributed by atoms with Gasteiger partial charge in [0.15, 0.2) is 0 Å². The van der Waals surface area contributed by atoms with E-state index in [-0.39, 0.29) is 5.56 Å². The molecule has 5 heteroatoms. The van der Waals surface area contributed by atoms with Crippen molar-refractivity contribution in [3.05, 3.63) is 75.0 Å². The Morgan fingerprint density at radius 1 is 0.905 bits per heavy atom. The third-order valence-corrected chi connectivity index (χ3v) is 3.67. The van der Waals surface area contributed by atoms with Crippen LogP contribution in [0.15, 0.2) is 59.4 Å². The molecule has 1 heterocycles. The molecule has 0 fully saturated rings. The molecule has 3 aromatic rings. The summed E-state index contributed by atoms with van der Waals surface area (Å²) in [6.07, 6.45) is 0. The van der Waals surface area contributed by atoms with Crippen LogP contribution >= 0.6 is 23.2 Å². The maximum Gasteiger partial charge on any atom is 0.264 e. The van der Waals surface area contributed by atoms with E-state index in [0.29, 0.717) is 21.3 Å². The molecular formula is C16H10Cl2N2O.